The maximum Gasteiger partial charge on any atom is 0.276 e. The quantitative estimate of drug-likeness (QED) is 0.810. The van der Waals surface area contributed by atoms with Crippen LogP contribution in [0, 0.1) is 0 Å². The third-order valence-electron chi connectivity index (χ3n) is 3.40. The van der Waals surface area contributed by atoms with E-state index in [4.69, 9.17) is 4.74 Å². The monoisotopic (exact) mass is 328 g/mol. The van der Waals surface area contributed by atoms with E-state index in [2.05, 4.69) is 34.7 Å². The van der Waals surface area contributed by atoms with Crippen molar-refractivity contribution >= 4 is 17.4 Å². The molecule has 1 unspecified atom stereocenters. The Kier molecular flexibility index (Phi) is 6.12. The Morgan fingerprint density at radius 2 is 1.88 bits per heavy atom. The summed E-state index contributed by atoms with van der Waals surface area (Å²) in [6.45, 7) is 8.03. The van der Waals surface area contributed by atoms with Gasteiger partial charge in [-0.25, -0.2) is 0 Å². The summed E-state index contributed by atoms with van der Waals surface area (Å²) in [4.78, 5) is 12.4. The van der Waals surface area contributed by atoms with Crippen molar-refractivity contribution in [3.63, 3.8) is 0 Å². The molecule has 0 spiro atoms. The van der Waals surface area contributed by atoms with E-state index in [-0.39, 0.29) is 17.7 Å². The first kappa shape index (κ1) is 17.7. The summed E-state index contributed by atoms with van der Waals surface area (Å²) < 4.78 is 5.70. The number of benzene rings is 1. The average Bonchev–Trinajstić information content (AvgIpc) is 2.56. The molecule has 0 aliphatic rings. The topological polar surface area (TPSA) is 76.1 Å². The smallest absolute Gasteiger partial charge is 0.276 e. The molecule has 1 heterocycles. The van der Waals surface area contributed by atoms with Gasteiger partial charge in [0.2, 0.25) is 0 Å². The summed E-state index contributed by atoms with van der Waals surface area (Å²) in [5.74, 6) is 0.964. The number of aromatic nitrogens is 2. The van der Waals surface area contributed by atoms with Crippen molar-refractivity contribution in [1.29, 1.82) is 0 Å². The summed E-state index contributed by atoms with van der Waals surface area (Å²) in [6, 6.07) is 11.0. The highest BCUT2D eigenvalue weighted by Gasteiger charge is 2.12. The van der Waals surface area contributed by atoms with E-state index >= 15 is 0 Å². The van der Waals surface area contributed by atoms with Gasteiger partial charge in [-0.3, -0.25) is 4.79 Å². The first-order valence-electron chi connectivity index (χ1n) is 8.17. The molecule has 6 nitrogen and oxygen atoms in total. The van der Waals surface area contributed by atoms with Crippen LogP contribution in [0.1, 0.15) is 44.6 Å². The Labute approximate surface area is 142 Å². The van der Waals surface area contributed by atoms with E-state index < -0.39 is 0 Å². The molecule has 0 bridgehead atoms. The first-order valence-corrected chi connectivity index (χ1v) is 8.17. The van der Waals surface area contributed by atoms with Gasteiger partial charge in [-0.15, -0.1) is 10.2 Å². The van der Waals surface area contributed by atoms with Gasteiger partial charge in [0.15, 0.2) is 5.69 Å². The number of anilines is 2. The minimum atomic E-state index is -0.322. The van der Waals surface area contributed by atoms with Crippen molar-refractivity contribution in [2.24, 2.45) is 0 Å². The van der Waals surface area contributed by atoms with Crippen LogP contribution in [0.5, 0.6) is 5.75 Å². The van der Waals surface area contributed by atoms with Crippen LogP contribution in [0.2, 0.25) is 0 Å². The van der Waals surface area contributed by atoms with E-state index in [1.54, 1.807) is 18.2 Å². The maximum absolute atomic E-state index is 12.4. The molecule has 2 rings (SSSR count). The zero-order chi connectivity index (χ0) is 17.5. The second-order valence-electron chi connectivity index (χ2n) is 5.87. The van der Waals surface area contributed by atoms with Gasteiger partial charge in [-0.05, 0) is 51.5 Å². The fourth-order valence-electron chi connectivity index (χ4n) is 2.00. The molecule has 1 amide bonds. The Bertz CT molecular complexity index is 671. The minimum Gasteiger partial charge on any atom is -0.489 e. The molecule has 0 saturated heterocycles. The molecule has 2 aromatic rings. The molecule has 0 fully saturated rings. The summed E-state index contributed by atoms with van der Waals surface area (Å²) in [5.41, 5.74) is 0.865. The van der Waals surface area contributed by atoms with Crippen LogP contribution in [-0.2, 0) is 0 Å². The highest BCUT2D eigenvalue weighted by molar-refractivity contribution is 6.03. The molecule has 1 aromatic carbocycles. The molecule has 0 aliphatic carbocycles. The van der Waals surface area contributed by atoms with Gasteiger partial charge in [-0.1, -0.05) is 19.1 Å². The molecule has 24 heavy (non-hydrogen) atoms. The summed E-state index contributed by atoms with van der Waals surface area (Å²) in [5, 5.41) is 14.1. The van der Waals surface area contributed by atoms with Gasteiger partial charge in [0, 0.05) is 6.04 Å². The number of amides is 1. The first-order chi connectivity index (χ1) is 11.5. The second kappa shape index (κ2) is 8.29. The molecule has 0 saturated carbocycles. The Hall–Kier alpha value is -2.63. The van der Waals surface area contributed by atoms with Crippen LogP contribution in [-0.4, -0.2) is 28.3 Å². The number of ether oxygens (including phenoxy) is 1. The fraction of sp³-hybridized carbons (Fsp3) is 0.389. The highest BCUT2D eigenvalue weighted by atomic mass is 16.5. The summed E-state index contributed by atoms with van der Waals surface area (Å²) in [6.07, 6.45) is 1.00. The van der Waals surface area contributed by atoms with Crippen LogP contribution in [0.4, 0.5) is 11.5 Å². The fourth-order valence-corrected chi connectivity index (χ4v) is 2.00. The van der Waals surface area contributed by atoms with Gasteiger partial charge in [0.05, 0.1) is 11.8 Å². The van der Waals surface area contributed by atoms with E-state index in [1.165, 1.54) is 0 Å². The van der Waals surface area contributed by atoms with Crippen molar-refractivity contribution in [1.82, 2.24) is 10.2 Å². The van der Waals surface area contributed by atoms with Crippen LogP contribution >= 0.6 is 0 Å². The van der Waals surface area contributed by atoms with Crippen LogP contribution in [0.25, 0.3) is 0 Å². The zero-order valence-electron chi connectivity index (χ0n) is 14.5. The van der Waals surface area contributed by atoms with E-state index in [1.807, 2.05) is 32.0 Å². The Morgan fingerprint density at radius 1 is 1.12 bits per heavy atom. The molecule has 1 atom stereocenters. The van der Waals surface area contributed by atoms with Crippen LogP contribution in [0.3, 0.4) is 0 Å². The lowest BCUT2D eigenvalue weighted by Gasteiger charge is -2.14. The third-order valence-corrected chi connectivity index (χ3v) is 3.40. The second-order valence-corrected chi connectivity index (χ2v) is 5.87. The molecule has 2 N–H and O–H groups in total. The van der Waals surface area contributed by atoms with Crippen molar-refractivity contribution < 1.29 is 9.53 Å². The van der Waals surface area contributed by atoms with E-state index in [9.17, 15) is 4.79 Å². The number of hydrogen-bond acceptors (Lipinski definition) is 5. The lowest BCUT2D eigenvalue weighted by Crippen LogP contribution is -2.18. The number of nitrogens with zero attached hydrogens (tertiary/aromatic N) is 2. The minimum absolute atomic E-state index is 0.0220. The van der Waals surface area contributed by atoms with Gasteiger partial charge in [-0.2, -0.15) is 0 Å². The molecular formula is C18H24N4O2. The Morgan fingerprint density at radius 3 is 2.50 bits per heavy atom. The summed E-state index contributed by atoms with van der Waals surface area (Å²) >= 11 is 0. The molecular weight excluding hydrogens is 304 g/mol. The lowest BCUT2D eigenvalue weighted by molar-refractivity contribution is 0.102. The lowest BCUT2D eigenvalue weighted by atomic mass is 10.2. The number of para-hydroxylation sites is 2. The maximum atomic E-state index is 12.4. The largest absolute Gasteiger partial charge is 0.489 e. The number of rotatable bonds is 7. The highest BCUT2D eigenvalue weighted by Crippen LogP contribution is 2.25. The van der Waals surface area contributed by atoms with Gasteiger partial charge < -0.3 is 15.4 Å². The molecule has 6 heteroatoms. The van der Waals surface area contributed by atoms with Crippen LogP contribution < -0.4 is 15.4 Å². The number of carbonyl (C=O) groups excluding carboxylic acids is 1. The SMILES string of the molecule is CCC(C)Nc1ccc(C(=O)Nc2ccccc2OC(C)C)nn1. The average molecular weight is 328 g/mol. The van der Waals surface area contributed by atoms with Crippen molar-refractivity contribution in [2.75, 3.05) is 10.6 Å². The predicted molar refractivity (Wildman–Crippen MR) is 95.6 cm³/mol. The molecule has 0 aliphatic heterocycles. The van der Waals surface area contributed by atoms with Gasteiger partial charge in [0.25, 0.3) is 5.91 Å². The number of nitrogens with one attached hydrogen (secondary N) is 2. The molecule has 1 aromatic heterocycles. The van der Waals surface area contributed by atoms with Crippen molar-refractivity contribution in [3.8, 4) is 5.75 Å². The standard InChI is InChI=1S/C18H24N4O2/c1-5-13(4)19-17-11-10-15(21-22-17)18(23)20-14-8-6-7-9-16(14)24-12(2)3/h6-13H,5H2,1-4H3,(H,19,22)(H,20,23). The third kappa shape index (κ3) is 4.94. The van der Waals surface area contributed by atoms with E-state index in [0.717, 1.165) is 6.42 Å². The van der Waals surface area contributed by atoms with Crippen molar-refractivity contribution in [2.45, 2.75) is 46.3 Å². The van der Waals surface area contributed by atoms with Gasteiger partial charge >= 0.3 is 0 Å². The predicted octanol–water partition coefficient (Wildman–Crippen LogP) is 3.73. The van der Waals surface area contributed by atoms with Crippen LogP contribution in [0.15, 0.2) is 36.4 Å². The number of carbonyl (C=O) groups is 1. The normalized spacial score (nSPS) is 11.9. The molecule has 128 valence electrons. The summed E-state index contributed by atoms with van der Waals surface area (Å²) in [7, 11) is 0. The Balaban J connectivity index is 2.07. The van der Waals surface area contributed by atoms with Crippen molar-refractivity contribution in [3.05, 3.63) is 42.1 Å². The zero-order valence-corrected chi connectivity index (χ0v) is 14.5. The number of hydrogen-bond donors (Lipinski definition) is 2. The van der Waals surface area contributed by atoms with Gasteiger partial charge in [0.1, 0.15) is 11.6 Å². The molecule has 0 radical (unpaired) electrons. The van der Waals surface area contributed by atoms with E-state index in [0.29, 0.717) is 23.3 Å².